The van der Waals surface area contributed by atoms with Crippen LogP contribution in [0.2, 0.25) is 0 Å². The van der Waals surface area contributed by atoms with Gasteiger partial charge < -0.3 is 4.90 Å². The zero-order valence-corrected chi connectivity index (χ0v) is 26.8. The molecule has 6 rings (SSSR count). The van der Waals surface area contributed by atoms with Crippen LogP contribution in [0.4, 0.5) is 34.1 Å². The SMILES string of the molecule is CS.Cc1ccccc1.Cc1ccccc1N(c1ccccc1)N(c1ccccc1)c1ccccc1N(C)c1ccccc1. The van der Waals surface area contributed by atoms with Crippen LogP contribution in [-0.2, 0) is 0 Å². The number of rotatable bonds is 7. The molecule has 0 radical (unpaired) electrons. The Balaban J connectivity index is 0.000000427. The summed E-state index contributed by atoms with van der Waals surface area (Å²) in [5.74, 6) is 0. The molecule has 3 nitrogen and oxygen atoms in total. The number of para-hydroxylation sites is 6. The fraction of sp³-hybridized carbons (Fsp3) is 0.100. The summed E-state index contributed by atoms with van der Waals surface area (Å²) in [7, 11) is 2.12. The molecule has 4 heteroatoms. The lowest BCUT2D eigenvalue weighted by Crippen LogP contribution is -2.37. The molecule has 0 unspecified atom stereocenters. The molecule has 0 N–H and O–H groups in total. The molecule has 0 spiro atoms. The molecular weight excluding hydrogens is 555 g/mol. The van der Waals surface area contributed by atoms with E-state index < -0.39 is 0 Å². The highest BCUT2D eigenvalue weighted by Gasteiger charge is 2.25. The second-order valence-electron chi connectivity index (χ2n) is 10.1. The molecular formula is C40H41N3S. The second kappa shape index (κ2) is 16.6. The van der Waals surface area contributed by atoms with Crippen molar-refractivity contribution < 1.29 is 0 Å². The number of hydrazine groups is 1. The van der Waals surface area contributed by atoms with Gasteiger partial charge in [-0.25, -0.2) is 10.0 Å². The minimum absolute atomic E-state index is 1.08. The predicted molar refractivity (Wildman–Crippen MR) is 195 cm³/mol. The van der Waals surface area contributed by atoms with Gasteiger partial charge in [0.2, 0.25) is 0 Å². The lowest BCUT2D eigenvalue weighted by Gasteiger charge is -2.41. The van der Waals surface area contributed by atoms with E-state index in [1.807, 2.05) is 18.2 Å². The van der Waals surface area contributed by atoms with Crippen LogP contribution in [0.15, 0.2) is 170 Å². The van der Waals surface area contributed by atoms with Crippen molar-refractivity contribution in [3.63, 3.8) is 0 Å². The molecule has 0 atom stereocenters. The normalized spacial score (nSPS) is 9.93. The second-order valence-corrected chi connectivity index (χ2v) is 10.1. The molecule has 0 aliphatic carbocycles. The van der Waals surface area contributed by atoms with Crippen LogP contribution in [0.1, 0.15) is 11.1 Å². The number of thiol groups is 1. The van der Waals surface area contributed by atoms with Crippen LogP contribution in [0.3, 0.4) is 0 Å². The molecule has 6 aromatic rings. The van der Waals surface area contributed by atoms with Crippen molar-refractivity contribution in [2.24, 2.45) is 0 Å². The third kappa shape index (κ3) is 8.12. The van der Waals surface area contributed by atoms with Crippen molar-refractivity contribution in [3.8, 4) is 0 Å². The Morgan fingerprint density at radius 3 is 1.14 bits per heavy atom. The predicted octanol–water partition coefficient (Wildman–Crippen LogP) is 11.2. The highest BCUT2D eigenvalue weighted by molar-refractivity contribution is 7.79. The minimum atomic E-state index is 1.08. The lowest BCUT2D eigenvalue weighted by atomic mass is 10.1. The maximum absolute atomic E-state index is 3.53. The minimum Gasteiger partial charge on any atom is -0.343 e. The molecule has 222 valence electrons. The maximum Gasteiger partial charge on any atom is 0.0873 e. The molecule has 0 fully saturated rings. The number of aryl methyl sites for hydroxylation is 2. The Hall–Kier alpha value is -4.93. The average molecular weight is 596 g/mol. The van der Waals surface area contributed by atoms with Crippen molar-refractivity contribution >= 4 is 46.8 Å². The van der Waals surface area contributed by atoms with Crippen molar-refractivity contribution in [2.75, 3.05) is 28.2 Å². The van der Waals surface area contributed by atoms with Gasteiger partial charge in [-0.1, -0.05) is 121 Å². The molecule has 0 bridgehead atoms. The number of nitrogens with zero attached hydrogens (tertiary/aromatic N) is 3. The summed E-state index contributed by atoms with van der Waals surface area (Å²) in [6.45, 7) is 4.25. The molecule has 0 saturated carbocycles. The van der Waals surface area contributed by atoms with Gasteiger partial charge in [0.1, 0.15) is 0 Å². The number of hydrogen-bond acceptors (Lipinski definition) is 4. The summed E-state index contributed by atoms with van der Waals surface area (Å²) in [4.78, 5) is 2.24. The number of anilines is 6. The summed E-state index contributed by atoms with van der Waals surface area (Å²) in [6.07, 6.45) is 1.69. The van der Waals surface area contributed by atoms with Gasteiger partial charge in [0.25, 0.3) is 0 Å². The Morgan fingerprint density at radius 2 is 0.705 bits per heavy atom. The Kier molecular flexibility index (Phi) is 12.1. The van der Waals surface area contributed by atoms with E-state index >= 15 is 0 Å². The van der Waals surface area contributed by atoms with Gasteiger partial charge in [-0.2, -0.15) is 12.6 Å². The molecule has 0 aliphatic heterocycles. The van der Waals surface area contributed by atoms with Gasteiger partial charge in [-0.15, -0.1) is 0 Å². The first-order valence-corrected chi connectivity index (χ1v) is 15.6. The van der Waals surface area contributed by atoms with E-state index in [0.29, 0.717) is 0 Å². The summed E-state index contributed by atoms with van der Waals surface area (Å²) < 4.78 is 0. The molecule has 44 heavy (non-hydrogen) atoms. The van der Waals surface area contributed by atoms with Crippen LogP contribution in [0.5, 0.6) is 0 Å². The van der Waals surface area contributed by atoms with E-state index in [-0.39, 0.29) is 0 Å². The standard InChI is InChI=1S/C32H29N3.C7H8.CH4S/c1-26-16-12-13-23-30(26)34(28-19-8-4-9-20-28)35(29-21-10-5-11-22-29)32-25-15-14-24-31(32)33(2)27-17-6-3-7-18-27;1-7-5-3-2-4-6-7;1-2/h3-25H,1-2H3;2-6H,1H3;2H,1H3. The first-order valence-electron chi connectivity index (χ1n) is 14.7. The lowest BCUT2D eigenvalue weighted by molar-refractivity contribution is 0.978. The van der Waals surface area contributed by atoms with E-state index in [4.69, 9.17) is 0 Å². The highest BCUT2D eigenvalue weighted by atomic mass is 32.1. The molecule has 0 amide bonds. The highest BCUT2D eigenvalue weighted by Crippen LogP contribution is 2.42. The summed E-state index contributed by atoms with van der Waals surface area (Å²) >= 11 is 3.53. The van der Waals surface area contributed by atoms with E-state index in [1.165, 1.54) is 11.1 Å². The fourth-order valence-electron chi connectivity index (χ4n) is 4.92. The Morgan fingerprint density at radius 1 is 0.364 bits per heavy atom. The van der Waals surface area contributed by atoms with Crippen LogP contribution in [-0.4, -0.2) is 13.3 Å². The van der Waals surface area contributed by atoms with Crippen LogP contribution in [0, 0.1) is 13.8 Å². The van der Waals surface area contributed by atoms with Gasteiger partial charge in [0, 0.05) is 12.7 Å². The zero-order valence-electron chi connectivity index (χ0n) is 26.0. The maximum atomic E-state index is 3.53. The first kappa shape index (κ1) is 32.0. The third-order valence-electron chi connectivity index (χ3n) is 7.10. The van der Waals surface area contributed by atoms with Crippen molar-refractivity contribution in [2.45, 2.75) is 13.8 Å². The molecule has 0 heterocycles. The van der Waals surface area contributed by atoms with Crippen molar-refractivity contribution in [1.82, 2.24) is 0 Å². The zero-order chi connectivity index (χ0) is 31.1. The van der Waals surface area contributed by atoms with Crippen molar-refractivity contribution in [3.05, 3.63) is 181 Å². The summed E-state index contributed by atoms with van der Waals surface area (Å²) in [5, 5.41) is 4.62. The molecule has 0 aromatic heterocycles. The van der Waals surface area contributed by atoms with E-state index in [9.17, 15) is 0 Å². The van der Waals surface area contributed by atoms with Gasteiger partial charge in [-0.05, 0) is 80.3 Å². The average Bonchev–Trinajstić information content (AvgIpc) is 3.10. The van der Waals surface area contributed by atoms with Gasteiger partial charge in [0.05, 0.1) is 28.4 Å². The number of benzene rings is 6. The van der Waals surface area contributed by atoms with Gasteiger partial charge in [-0.3, -0.25) is 0 Å². The van der Waals surface area contributed by atoms with Gasteiger partial charge in [0.15, 0.2) is 0 Å². The van der Waals surface area contributed by atoms with Crippen LogP contribution in [0.25, 0.3) is 0 Å². The van der Waals surface area contributed by atoms with Crippen LogP contribution >= 0.6 is 12.6 Å². The Labute approximate surface area is 269 Å². The monoisotopic (exact) mass is 595 g/mol. The number of hydrogen-bond donors (Lipinski definition) is 1. The van der Waals surface area contributed by atoms with Crippen LogP contribution < -0.4 is 14.9 Å². The fourth-order valence-corrected chi connectivity index (χ4v) is 4.92. The topological polar surface area (TPSA) is 9.72 Å². The first-order chi connectivity index (χ1) is 21.6. The van der Waals surface area contributed by atoms with E-state index in [2.05, 4.69) is 200 Å². The van der Waals surface area contributed by atoms with Crippen molar-refractivity contribution in [1.29, 1.82) is 0 Å². The quantitative estimate of drug-likeness (QED) is 0.145. The van der Waals surface area contributed by atoms with Gasteiger partial charge >= 0.3 is 0 Å². The Bertz CT molecular complexity index is 1660. The smallest absolute Gasteiger partial charge is 0.0873 e. The third-order valence-corrected chi connectivity index (χ3v) is 7.10. The summed E-state index contributed by atoms with van der Waals surface area (Å²) in [6, 6.07) is 59.0. The van der Waals surface area contributed by atoms with E-state index in [1.54, 1.807) is 6.26 Å². The molecule has 0 saturated heterocycles. The summed E-state index contributed by atoms with van der Waals surface area (Å²) in [5.41, 5.74) is 9.13. The molecule has 6 aromatic carbocycles. The molecule has 0 aliphatic rings. The largest absolute Gasteiger partial charge is 0.343 e. The van der Waals surface area contributed by atoms with E-state index in [0.717, 1.165) is 34.1 Å².